The molecule has 6 nitrogen and oxygen atoms in total. The van der Waals surface area contributed by atoms with E-state index in [0.29, 0.717) is 15.9 Å². The summed E-state index contributed by atoms with van der Waals surface area (Å²) in [5.74, 6) is 0.249. The lowest BCUT2D eigenvalue weighted by molar-refractivity contribution is 0.476. The fourth-order valence-corrected chi connectivity index (χ4v) is 2.47. The highest BCUT2D eigenvalue weighted by atomic mass is 32.2. The van der Waals surface area contributed by atoms with Crippen molar-refractivity contribution < 1.29 is 13.0 Å². The lowest BCUT2D eigenvalue weighted by atomic mass is 10.3. The van der Waals surface area contributed by atoms with Crippen LogP contribution >= 0.6 is 11.8 Å². The van der Waals surface area contributed by atoms with Crippen molar-refractivity contribution in [2.75, 3.05) is 5.75 Å². The largest absolute Gasteiger partial charge is 0.328 e. The molecule has 8 heteroatoms. The van der Waals surface area contributed by atoms with Gasteiger partial charge in [-0.3, -0.25) is 4.55 Å². The molecular weight excluding hydrogens is 262 g/mol. The van der Waals surface area contributed by atoms with Crippen LogP contribution in [0.5, 0.6) is 0 Å². The molecule has 17 heavy (non-hydrogen) atoms. The molecule has 2 aromatic rings. The minimum absolute atomic E-state index is 0.249. The number of fused-ring (bicyclic) bond motifs is 1. The van der Waals surface area contributed by atoms with Gasteiger partial charge in [0.25, 0.3) is 5.16 Å². The highest BCUT2D eigenvalue weighted by Gasteiger charge is 2.16. The van der Waals surface area contributed by atoms with Gasteiger partial charge in [0.2, 0.25) is 0 Å². The van der Waals surface area contributed by atoms with Crippen LogP contribution in [0, 0.1) is 11.3 Å². The molecule has 1 heterocycles. The predicted molar refractivity (Wildman–Crippen MR) is 62.2 cm³/mol. The number of nitriles is 1. The van der Waals surface area contributed by atoms with Crippen molar-refractivity contribution in [3.8, 4) is 6.07 Å². The topological polar surface area (TPSA) is 107 Å². The first kappa shape index (κ1) is 11.9. The molecule has 1 aromatic heterocycles. The second-order valence-electron chi connectivity index (χ2n) is 3.11. The number of imidazole rings is 1. The summed E-state index contributed by atoms with van der Waals surface area (Å²) in [6, 6.07) is 7.05. The normalized spacial score (nSPS) is 11.5. The number of thioether (sulfide) groups is 1. The molecule has 0 saturated carbocycles. The summed E-state index contributed by atoms with van der Waals surface area (Å²) >= 11 is 1.27. The van der Waals surface area contributed by atoms with E-state index in [0.717, 1.165) is 0 Å². The van der Waals surface area contributed by atoms with Crippen LogP contribution < -0.4 is 0 Å². The maximum Gasteiger partial charge on any atom is 0.328 e. The van der Waals surface area contributed by atoms with E-state index in [4.69, 9.17) is 9.81 Å². The number of nitrogens with zero attached hydrogens (tertiary/aromatic N) is 2. The van der Waals surface area contributed by atoms with Crippen LogP contribution in [0.1, 0.15) is 0 Å². The average molecular weight is 269 g/mol. The van der Waals surface area contributed by atoms with E-state index < -0.39 is 15.3 Å². The zero-order valence-electron chi connectivity index (χ0n) is 8.41. The summed E-state index contributed by atoms with van der Waals surface area (Å²) < 4.78 is 30.7. The van der Waals surface area contributed by atoms with Crippen molar-refractivity contribution >= 4 is 32.9 Å². The summed E-state index contributed by atoms with van der Waals surface area (Å²) in [5, 5.41) is 8.01. The van der Waals surface area contributed by atoms with Gasteiger partial charge in [-0.15, -0.1) is 11.8 Å². The van der Waals surface area contributed by atoms with E-state index in [1.165, 1.54) is 11.8 Å². The molecular formula is C9H7N3O3S2. The minimum Gasteiger partial charge on any atom is -0.326 e. The number of para-hydroxylation sites is 1. The molecule has 2 rings (SSSR count). The van der Waals surface area contributed by atoms with E-state index in [-0.39, 0.29) is 5.75 Å². The zero-order valence-corrected chi connectivity index (χ0v) is 10.0. The number of rotatable bonds is 3. The SMILES string of the molecule is N#CCSc1cccc2nc(S(=O)(=O)O)[nH]c12. The van der Waals surface area contributed by atoms with Crippen molar-refractivity contribution in [1.82, 2.24) is 9.97 Å². The van der Waals surface area contributed by atoms with Gasteiger partial charge in [-0.2, -0.15) is 13.7 Å². The molecule has 1 aromatic carbocycles. The van der Waals surface area contributed by atoms with Crippen LogP contribution in [-0.4, -0.2) is 28.7 Å². The first-order valence-corrected chi connectivity index (χ1v) is 6.91. The summed E-state index contributed by atoms with van der Waals surface area (Å²) in [6.07, 6.45) is 0. The number of aromatic nitrogens is 2. The average Bonchev–Trinajstić information content (AvgIpc) is 2.70. The van der Waals surface area contributed by atoms with Crippen molar-refractivity contribution in [1.29, 1.82) is 5.26 Å². The van der Waals surface area contributed by atoms with Crippen LogP contribution in [0.15, 0.2) is 28.3 Å². The van der Waals surface area contributed by atoms with Crippen LogP contribution in [0.4, 0.5) is 0 Å². The van der Waals surface area contributed by atoms with Gasteiger partial charge in [-0.25, -0.2) is 4.98 Å². The van der Waals surface area contributed by atoms with Gasteiger partial charge < -0.3 is 4.98 Å². The Morgan fingerprint density at radius 2 is 2.29 bits per heavy atom. The number of hydrogen-bond donors (Lipinski definition) is 2. The number of nitrogens with one attached hydrogen (secondary N) is 1. The number of H-pyrrole nitrogens is 1. The summed E-state index contributed by atoms with van der Waals surface area (Å²) in [7, 11) is -4.34. The molecule has 0 bridgehead atoms. The summed E-state index contributed by atoms with van der Waals surface area (Å²) in [6.45, 7) is 0. The van der Waals surface area contributed by atoms with E-state index in [1.54, 1.807) is 18.2 Å². The van der Waals surface area contributed by atoms with Crippen LogP contribution in [0.2, 0.25) is 0 Å². The van der Waals surface area contributed by atoms with Gasteiger partial charge >= 0.3 is 10.1 Å². The third-order valence-electron chi connectivity index (χ3n) is 1.99. The zero-order chi connectivity index (χ0) is 12.5. The van der Waals surface area contributed by atoms with E-state index in [1.807, 2.05) is 6.07 Å². The maximum atomic E-state index is 10.9. The molecule has 0 spiro atoms. The predicted octanol–water partition coefficient (Wildman–Crippen LogP) is 1.43. The molecule has 2 N–H and O–H groups in total. The standard InChI is InChI=1S/C9H7N3O3S2/c10-4-5-16-7-3-1-2-6-8(7)12-9(11-6)17(13,14)15/h1-3H,5H2,(H,11,12)(H,13,14,15). The van der Waals surface area contributed by atoms with E-state index in [2.05, 4.69) is 9.97 Å². The third kappa shape index (κ3) is 2.41. The van der Waals surface area contributed by atoms with Crippen molar-refractivity contribution in [2.45, 2.75) is 10.1 Å². The smallest absolute Gasteiger partial charge is 0.326 e. The molecule has 0 unspecified atom stereocenters. The highest BCUT2D eigenvalue weighted by molar-refractivity contribution is 7.99. The first-order chi connectivity index (χ1) is 8.02. The van der Waals surface area contributed by atoms with E-state index >= 15 is 0 Å². The van der Waals surface area contributed by atoms with Crippen molar-refractivity contribution in [2.24, 2.45) is 0 Å². The Kier molecular flexibility index (Phi) is 3.06. The Balaban J connectivity index is 2.58. The molecule has 0 aliphatic carbocycles. The fourth-order valence-electron chi connectivity index (χ4n) is 1.34. The highest BCUT2D eigenvalue weighted by Crippen LogP contribution is 2.26. The van der Waals surface area contributed by atoms with Crippen LogP contribution in [0.25, 0.3) is 11.0 Å². The molecule has 0 amide bonds. The number of hydrogen-bond acceptors (Lipinski definition) is 5. The van der Waals surface area contributed by atoms with Gasteiger partial charge in [0.15, 0.2) is 0 Å². The third-order valence-corrected chi connectivity index (χ3v) is 3.60. The second kappa shape index (κ2) is 4.37. The van der Waals surface area contributed by atoms with Gasteiger partial charge in [-0.05, 0) is 12.1 Å². The second-order valence-corrected chi connectivity index (χ2v) is 5.47. The number of aromatic amines is 1. The van der Waals surface area contributed by atoms with Gasteiger partial charge in [0, 0.05) is 4.90 Å². The van der Waals surface area contributed by atoms with Gasteiger partial charge in [0.05, 0.1) is 22.9 Å². The van der Waals surface area contributed by atoms with Crippen LogP contribution in [0.3, 0.4) is 0 Å². The van der Waals surface area contributed by atoms with Crippen LogP contribution in [-0.2, 0) is 10.1 Å². The van der Waals surface area contributed by atoms with Gasteiger partial charge in [-0.1, -0.05) is 6.07 Å². The Morgan fingerprint density at radius 1 is 1.53 bits per heavy atom. The molecule has 0 aliphatic rings. The molecule has 88 valence electrons. The lowest BCUT2D eigenvalue weighted by Crippen LogP contribution is -1.99. The van der Waals surface area contributed by atoms with Gasteiger partial charge in [0.1, 0.15) is 0 Å². The quantitative estimate of drug-likeness (QED) is 0.644. The molecule has 0 aliphatic heterocycles. The Bertz CT molecular complexity index is 700. The molecule has 0 saturated heterocycles. The van der Waals surface area contributed by atoms with Crippen molar-refractivity contribution in [3.63, 3.8) is 0 Å². The molecule has 0 fully saturated rings. The fraction of sp³-hybridized carbons (Fsp3) is 0.111. The Hall–Kier alpha value is -1.56. The van der Waals surface area contributed by atoms with E-state index in [9.17, 15) is 8.42 Å². The monoisotopic (exact) mass is 269 g/mol. The van der Waals surface area contributed by atoms with Crippen molar-refractivity contribution in [3.05, 3.63) is 18.2 Å². The summed E-state index contributed by atoms with van der Waals surface area (Å²) in [4.78, 5) is 7.01. The molecule has 0 atom stereocenters. The first-order valence-electron chi connectivity index (χ1n) is 4.48. The number of benzene rings is 1. The molecule has 0 radical (unpaired) electrons. The lowest BCUT2D eigenvalue weighted by Gasteiger charge is -1.97. The Labute approximate surface area is 101 Å². The summed E-state index contributed by atoms with van der Waals surface area (Å²) in [5.41, 5.74) is 0.931. The maximum absolute atomic E-state index is 10.9. The Morgan fingerprint density at radius 3 is 2.94 bits per heavy atom. The minimum atomic E-state index is -4.34.